The normalized spacial score (nSPS) is 10.8. The zero-order valence-electron chi connectivity index (χ0n) is 12.9. The van der Waals surface area contributed by atoms with Crippen LogP contribution in [-0.2, 0) is 0 Å². The van der Waals surface area contributed by atoms with Crippen LogP contribution in [0.15, 0.2) is 42.5 Å². The molecule has 0 saturated heterocycles. The van der Waals surface area contributed by atoms with Gasteiger partial charge in [-0.2, -0.15) is 0 Å². The Balaban J connectivity index is 2.30. The number of nitrogens with zero attached hydrogens (tertiary/aromatic N) is 1. The first-order valence-electron chi connectivity index (χ1n) is 7.04. The molecule has 0 saturated carbocycles. The molecule has 2 nitrogen and oxygen atoms in total. The maximum atomic E-state index is 13.3. The molecule has 3 heteroatoms. The Morgan fingerprint density at radius 3 is 2.48 bits per heavy atom. The second kappa shape index (κ2) is 6.08. The minimum Gasteiger partial charge on any atom is -0.311 e. The third-order valence-electron chi connectivity index (χ3n) is 3.63. The molecule has 0 radical (unpaired) electrons. The largest absolute Gasteiger partial charge is 0.311 e. The van der Waals surface area contributed by atoms with Crippen LogP contribution in [0, 0.1) is 12.7 Å². The monoisotopic (exact) mass is 285 g/mol. The van der Waals surface area contributed by atoms with E-state index in [1.165, 1.54) is 17.7 Å². The molecule has 0 unspecified atom stereocenters. The molecule has 0 aromatic heterocycles. The molecule has 0 aliphatic heterocycles. The first-order chi connectivity index (χ1) is 9.90. The molecule has 0 bridgehead atoms. The molecule has 0 fully saturated rings. The number of carbonyl (C=O) groups is 1. The van der Waals surface area contributed by atoms with Crippen LogP contribution >= 0.6 is 0 Å². The van der Waals surface area contributed by atoms with Gasteiger partial charge in [0, 0.05) is 18.3 Å². The molecule has 2 rings (SSSR count). The zero-order valence-corrected chi connectivity index (χ0v) is 12.9. The Morgan fingerprint density at radius 1 is 1.14 bits per heavy atom. The summed E-state index contributed by atoms with van der Waals surface area (Å²) in [6.45, 7) is 5.89. The molecule has 2 aromatic rings. The van der Waals surface area contributed by atoms with Crippen molar-refractivity contribution in [3.05, 3.63) is 65.0 Å². The number of benzene rings is 2. The Morgan fingerprint density at radius 2 is 1.86 bits per heavy atom. The van der Waals surface area contributed by atoms with Gasteiger partial charge in [-0.25, -0.2) is 4.39 Å². The summed E-state index contributed by atoms with van der Waals surface area (Å²) in [6.07, 6.45) is 0. The van der Waals surface area contributed by atoms with E-state index >= 15 is 0 Å². The topological polar surface area (TPSA) is 20.3 Å². The van der Waals surface area contributed by atoms with Crippen molar-refractivity contribution in [3.63, 3.8) is 0 Å². The fraction of sp³-hybridized carbons (Fsp3) is 0.278. The molecule has 0 spiro atoms. The van der Waals surface area contributed by atoms with E-state index in [-0.39, 0.29) is 11.7 Å². The fourth-order valence-corrected chi connectivity index (χ4v) is 2.18. The lowest BCUT2D eigenvalue weighted by molar-refractivity contribution is 0.0993. The van der Waals surface area contributed by atoms with Crippen molar-refractivity contribution in [1.29, 1.82) is 0 Å². The van der Waals surface area contributed by atoms with E-state index in [9.17, 15) is 9.18 Å². The van der Waals surface area contributed by atoms with Crippen LogP contribution in [0.2, 0.25) is 0 Å². The van der Waals surface area contributed by atoms with E-state index < -0.39 is 0 Å². The van der Waals surface area contributed by atoms with Gasteiger partial charge in [-0.1, -0.05) is 26.0 Å². The maximum absolute atomic E-state index is 13.3. The summed E-state index contributed by atoms with van der Waals surface area (Å²) in [5.41, 5.74) is 2.99. The molecule has 110 valence electrons. The Hall–Kier alpha value is -2.16. The first kappa shape index (κ1) is 15.2. The molecule has 0 aliphatic carbocycles. The van der Waals surface area contributed by atoms with Gasteiger partial charge in [-0.15, -0.1) is 0 Å². The van der Waals surface area contributed by atoms with Crippen LogP contribution < -0.4 is 4.90 Å². The second-order valence-electron chi connectivity index (χ2n) is 5.58. The Bertz CT molecular complexity index is 664. The van der Waals surface area contributed by atoms with Crippen LogP contribution in [0.25, 0.3) is 0 Å². The van der Waals surface area contributed by atoms with E-state index in [1.807, 2.05) is 18.2 Å². The van der Waals surface area contributed by atoms with Crippen molar-refractivity contribution in [2.75, 3.05) is 11.9 Å². The average Bonchev–Trinajstić information content (AvgIpc) is 2.48. The zero-order chi connectivity index (χ0) is 15.6. The van der Waals surface area contributed by atoms with Crippen LogP contribution in [0.1, 0.15) is 41.3 Å². The number of hydrogen-bond donors (Lipinski definition) is 0. The molecule has 0 heterocycles. The van der Waals surface area contributed by atoms with Gasteiger partial charge >= 0.3 is 0 Å². The lowest BCUT2D eigenvalue weighted by Crippen LogP contribution is -2.26. The Kier molecular flexibility index (Phi) is 4.41. The van der Waals surface area contributed by atoms with Crippen LogP contribution in [-0.4, -0.2) is 13.0 Å². The highest BCUT2D eigenvalue weighted by Crippen LogP contribution is 2.22. The summed E-state index contributed by atoms with van der Waals surface area (Å²) in [6, 6.07) is 12.4. The van der Waals surface area contributed by atoms with Crippen molar-refractivity contribution in [2.24, 2.45) is 0 Å². The molecule has 0 aliphatic rings. The highest BCUT2D eigenvalue weighted by atomic mass is 19.1. The number of aryl methyl sites for hydroxylation is 1. The molecule has 0 atom stereocenters. The number of amides is 1. The van der Waals surface area contributed by atoms with E-state index in [0.29, 0.717) is 17.0 Å². The fourth-order valence-electron chi connectivity index (χ4n) is 2.18. The first-order valence-corrected chi connectivity index (χ1v) is 7.04. The lowest BCUT2D eigenvalue weighted by Gasteiger charge is -2.19. The van der Waals surface area contributed by atoms with E-state index in [0.717, 1.165) is 5.69 Å². The molecule has 0 N–H and O–H groups in total. The Labute approximate surface area is 125 Å². The van der Waals surface area contributed by atoms with Gasteiger partial charge in [0.1, 0.15) is 5.82 Å². The molecule has 21 heavy (non-hydrogen) atoms. The second-order valence-corrected chi connectivity index (χ2v) is 5.58. The van der Waals surface area contributed by atoms with Gasteiger partial charge in [0.25, 0.3) is 5.91 Å². The number of hydrogen-bond acceptors (Lipinski definition) is 1. The third-order valence-corrected chi connectivity index (χ3v) is 3.63. The summed E-state index contributed by atoms with van der Waals surface area (Å²) < 4.78 is 13.3. The van der Waals surface area contributed by atoms with Crippen LogP contribution in [0.4, 0.5) is 10.1 Å². The van der Waals surface area contributed by atoms with Crippen molar-refractivity contribution >= 4 is 11.6 Å². The minimum absolute atomic E-state index is 0.140. The van der Waals surface area contributed by atoms with Gasteiger partial charge in [0.15, 0.2) is 0 Å². The third kappa shape index (κ3) is 3.30. The summed E-state index contributed by atoms with van der Waals surface area (Å²) >= 11 is 0. The summed E-state index contributed by atoms with van der Waals surface area (Å²) in [4.78, 5) is 14.1. The summed E-state index contributed by atoms with van der Waals surface area (Å²) in [5, 5.41) is 0. The highest BCUT2D eigenvalue weighted by Gasteiger charge is 2.15. The number of halogens is 1. The van der Waals surface area contributed by atoms with Crippen molar-refractivity contribution < 1.29 is 9.18 Å². The molecule has 1 amide bonds. The minimum atomic E-state index is -0.295. The predicted molar refractivity (Wildman–Crippen MR) is 84.4 cm³/mol. The standard InChI is InChI=1S/C18H20FNO/c1-12(2)14-6-5-7-16(11-14)20(4)18(21)15-8-9-17(19)13(3)10-15/h5-12H,1-4H3. The van der Waals surface area contributed by atoms with Crippen molar-refractivity contribution in [3.8, 4) is 0 Å². The highest BCUT2D eigenvalue weighted by molar-refractivity contribution is 6.05. The number of anilines is 1. The predicted octanol–water partition coefficient (Wildman–Crippen LogP) is 4.53. The maximum Gasteiger partial charge on any atom is 0.258 e. The number of carbonyl (C=O) groups excluding carboxylic acids is 1. The van der Waals surface area contributed by atoms with Gasteiger partial charge in [-0.05, 0) is 54.3 Å². The summed E-state index contributed by atoms with van der Waals surface area (Å²) in [7, 11) is 1.74. The van der Waals surface area contributed by atoms with Gasteiger partial charge in [0.05, 0.1) is 0 Å². The van der Waals surface area contributed by atoms with Gasteiger partial charge < -0.3 is 4.90 Å². The number of rotatable bonds is 3. The average molecular weight is 285 g/mol. The van der Waals surface area contributed by atoms with E-state index in [4.69, 9.17) is 0 Å². The van der Waals surface area contributed by atoms with Crippen LogP contribution in [0.5, 0.6) is 0 Å². The van der Waals surface area contributed by atoms with Gasteiger partial charge in [-0.3, -0.25) is 4.79 Å². The lowest BCUT2D eigenvalue weighted by atomic mass is 10.0. The van der Waals surface area contributed by atoms with Gasteiger partial charge in [0.2, 0.25) is 0 Å². The van der Waals surface area contributed by atoms with Crippen molar-refractivity contribution in [1.82, 2.24) is 0 Å². The molecular weight excluding hydrogens is 265 g/mol. The quantitative estimate of drug-likeness (QED) is 0.811. The van der Waals surface area contributed by atoms with E-state index in [1.54, 1.807) is 24.9 Å². The summed E-state index contributed by atoms with van der Waals surface area (Å²) in [5.74, 6) is -0.0310. The molecule has 2 aromatic carbocycles. The van der Waals surface area contributed by atoms with Crippen LogP contribution in [0.3, 0.4) is 0 Å². The van der Waals surface area contributed by atoms with E-state index in [2.05, 4.69) is 19.9 Å². The molecular formula is C18H20FNO. The smallest absolute Gasteiger partial charge is 0.258 e. The SMILES string of the molecule is Cc1cc(C(=O)N(C)c2cccc(C(C)C)c2)ccc1F. The van der Waals surface area contributed by atoms with Crippen molar-refractivity contribution in [2.45, 2.75) is 26.7 Å².